The lowest BCUT2D eigenvalue weighted by Gasteiger charge is -2.17. The van der Waals surface area contributed by atoms with Crippen molar-refractivity contribution in [3.05, 3.63) is 23.7 Å². The molecule has 1 unspecified atom stereocenters. The highest BCUT2D eigenvalue weighted by Crippen LogP contribution is 2.05. The molecule has 80 valence electrons. The van der Waals surface area contributed by atoms with Crippen molar-refractivity contribution in [2.75, 3.05) is 20.6 Å². The van der Waals surface area contributed by atoms with Crippen LogP contribution in [0.3, 0.4) is 0 Å². The number of aryl methyl sites for hydroxylation is 1. The van der Waals surface area contributed by atoms with E-state index in [9.17, 15) is 0 Å². The zero-order valence-corrected chi connectivity index (χ0v) is 9.50. The second kappa shape index (κ2) is 5.17. The molecule has 1 aromatic rings. The van der Waals surface area contributed by atoms with Crippen LogP contribution in [-0.2, 0) is 6.54 Å². The minimum Gasteiger partial charge on any atom is -0.465 e. The molecular weight excluding hydrogens is 176 g/mol. The van der Waals surface area contributed by atoms with E-state index in [0.717, 1.165) is 24.6 Å². The first-order valence-corrected chi connectivity index (χ1v) is 5.01. The molecule has 0 saturated carbocycles. The maximum Gasteiger partial charge on any atom is 0.117 e. The SMILES string of the molecule is Cc1ccc(CNC(C)CN(C)C)o1. The van der Waals surface area contributed by atoms with Crippen LogP contribution in [-0.4, -0.2) is 31.6 Å². The first-order chi connectivity index (χ1) is 6.58. The van der Waals surface area contributed by atoms with Gasteiger partial charge in [0.05, 0.1) is 6.54 Å². The van der Waals surface area contributed by atoms with Crippen molar-refractivity contribution in [2.24, 2.45) is 0 Å². The van der Waals surface area contributed by atoms with E-state index in [2.05, 4.69) is 31.2 Å². The standard InChI is InChI=1S/C11H20N2O/c1-9(8-13(3)4)12-7-11-6-5-10(2)14-11/h5-6,9,12H,7-8H2,1-4H3. The maximum absolute atomic E-state index is 5.46. The summed E-state index contributed by atoms with van der Waals surface area (Å²) in [5, 5.41) is 3.41. The molecule has 0 saturated heterocycles. The Morgan fingerprint density at radius 3 is 2.64 bits per heavy atom. The Hall–Kier alpha value is -0.800. The molecular formula is C11H20N2O. The van der Waals surface area contributed by atoms with Gasteiger partial charge in [-0.1, -0.05) is 0 Å². The highest BCUT2D eigenvalue weighted by atomic mass is 16.3. The van der Waals surface area contributed by atoms with Crippen LogP contribution in [0, 0.1) is 6.92 Å². The fourth-order valence-corrected chi connectivity index (χ4v) is 1.47. The lowest BCUT2D eigenvalue weighted by molar-refractivity contribution is 0.340. The van der Waals surface area contributed by atoms with Crippen LogP contribution in [0.5, 0.6) is 0 Å². The normalized spacial score (nSPS) is 13.5. The maximum atomic E-state index is 5.46. The van der Waals surface area contributed by atoms with E-state index in [-0.39, 0.29) is 0 Å². The Balaban J connectivity index is 2.26. The van der Waals surface area contributed by atoms with Crippen molar-refractivity contribution >= 4 is 0 Å². The predicted octanol–water partition coefficient (Wildman–Crippen LogP) is 1.63. The summed E-state index contributed by atoms with van der Waals surface area (Å²) in [5.41, 5.74) is 0. The predicted molar refractivity (Wildman–Crippen MR) is 58.3 cm³/mol. The number of rotatable bonds is 5. The summed E-state index contributed by atoms with van der Waals surface area (Å²) in [6.07, 6.45) is 0. The minimum atomic E-state index is 0.482. The lowest BCUT2D eigenvalue weighted by atomic mass is 10.3. The van der Waals surface area contributed by atoms with Gasteiger partial charge in [-0.05, 0) is 40.1 Å². The molecule has 0 amide bonds. The van der Waals surface area contributed by atoms with Crippen molar-refractivity contribution < 1.29 is 4.42 Å². The van der Waals surface area contributed by atoms with Crippen LogP contribution in [0.1, 0.15) is 18.4 Å². The van der Waals surface area contributed by atoms with Crippen LogP contribution in [0.4, 0.5) is 0 Å². The molecule has 1 aromatic heterocycles. The van der Waals surface area contributed by atoms with Crippen LogP contribution in [0.2, 0.25) is 0 Å². The van der Waals surface area contributed by atoms with Gasteiger partial charge in [0.15, 0.2) is 0 Å². The molecule has 3 nitrogen and oxygen atoms in total. The highest BCUT2D eigenvalue weighted by Gasteiger charge is 2.04. The Bertz CT molecular complexity index is 268. The Morgan fingerprint density at radius 1 is 1.43 bits per heavy atom. The zero-order chi connectivity index (χ0) is 10.6. The fourth-order valence-electron chi connectivity index (χ4n) is 1.47. The van der Waals surface area contributed by atoms with Crippen molar-refractivity contribution in [3.63, 3.8) is 0 Å². The molecule has 3 heteroatoms. The van der Waals surface area contributed by atoms with Crippen molar-refractivity contribution in [1.29, 1.82) is 0 Å². The quantitative estimate of drug-likeness (QED) is 0.776. The van der Waals surface area contributed by atoms with Gasteiger partial charge in [0.1, 0.15) is 11.5 Å². The van der Waals surface area contributed by atoms with Gasteiger partial charge in [-0.3, -0.25) is 0 Å². The molecule has 0 aliphatic rings. The molecule has 1 heterocycles. The average molecular weight is 196 g/mol. The first-order valence-electron chi connectivity index (χ1n) is 5.01. The summed E-state index contributed by atoms with van der Waals surface area (Å²) < 4.78 is 5.46. The van der Waals surface area contributed by atoms with Crippen LogP contribution in [0.25, 0.3) is 0 Å². The second-order valence-corrected chi connectivity index (χ2v) is 4.06. The topological polar surface area (TPSA) is 28.4 Å². The molecule has 1 atom stereocenters. The Labute approximate surface area is 86.1 Å². The van der Waals surface area contributed by atoms with Gasteiger partial charge in [-0.25, -0.2) is 0 Å². The van der Waals surface area contributed by atoms with Gasteiger partial charge in [0.2, 0.25) is 0 Å². The summed E-state index contributed by atoms with van der Waals surface area (Å²) in [7, 11) is 4.16. The number of furan rings is 1. The van der Waals surface area contributed by atoms with E-state index in [4.69, 9.17) is 4.42 Å². The van der Waals surface area contributed by atoms with Crippen molar-refractivity contribution in [1.82, 2.24) is 10.2 Å². The summed E-state index contributed by atoms with van der Waals surface area (Å²) in [6, 6.07) is 4.49. The van der Waals surface area contributed by atoms with E-state index in [1.54, 1.807) is 0 Å². The average Bonchev–Trinajstić information content (AvgIpc) is 2.47. The van der Waals surface area contributed by atoms with E-state index < -0.39 is 0 Å². The van der Waals surface area contributed by atoms with E-state index in [1.165, 1.54) is 0 Å². The first kappa shape index (κ1) is 11.3. The smallest absolute Gasteiger partial charge is 0.117 e. The van der Waals surface area contributed by atoms with Crippen LogP contribution >= 0.6 is 0 Å². The van der Waals surface area contributed by atoms with Gasteiger partial charge in [-0.2, -0.15) is 0 Å². The van der Waals surface area contributed by atoms with Gasteiger partial charge < -0.3 is 14.6 Å². The largest absolute Gasteiger partial charge is 0.465 e. The van der Waals surface area contributed by atoms with Gasteiger partial charge >= 0.3 is 0 Å². The molecule has 0 aliphatic heterocycles. The minimum absolute atomic E-state index is 0.482. The third kappa shape index (κ3) is 3.94. The molecule has 0 aliphatic carbocycles. The van der Waals surface area contributed by atoms with E-state index >= 15 is 0 Å². The monoisotopic (exact) mass is 196 g/mol. The van der Waals surface area contributed by atoms with E-state index in [1.807, 2.05) is 19.1 Å². The summed E-state index contributed by atoms with van der Waals surface area (Å²) in [4.78, 5) is 2.17. The van der Waals surface area contributed by atoms with Gasteiger partial charge in [-0.15, -0.1) is 0 Å². The number of likely N-dealkylation sites (N-methyl/N-ethyl adjacent to an activating group) is 1. The van der Waals surface area contributed by atoms with Crippen molar-refractivity contribution in [3.8, 4) is 0 Å². The number of nitrogens with zero attached hydrogens (tertiary/aromatic N) is 1. The summed E-state index contributed by atoms with van der Waals surface area (Å²) in [6.45, 7) is 5.99. The van der Waals surface area contributed by atoms with E-state index in [0.29, 0.717) is 6.04 Å². The molecule has 0 fully saturated rings. The third-order valence-corrected chi connectivity index (χ3v) is 2.06. The van der Waals surface area contributed by atoms with Gasteiger partial charge in [0, 0.05) is 12.6 Å². The fraction of sp³-hybridized carbons (Fsp3) is 0.636. The Kier molecular flexibility index (Phi) is 4.17. The molecule has 0 aromatic carbocycles. The number of hydrogen-bond acceptors (Lipinski definition) is 3. The Morgan fingerprint density at radius 2 is 2.14 bits per heavy atom. The molecule has 1 N–H and O–H groups in total. The highest BCUT2D eigenvalue weighted by molar-refractivity contribution is 5.05. The lowest BCUT2D eigenvalue weighted by Crippen LogP contribution is -2.35. The molecule has 1 rings (SSSR count). The molecule has 0 spiro atoms. The zero-order valence-electron chi connectivity index (χ0n) is 9.50. The summed E-state index contributed by atoms with van der Waals surface area (Å²) >= 11 is 0. The second-order valence-electron chi connectivity index (χ2n) is 4.06. The molecule has 0 bridgehead atoms. The summed E-state index contributed by atoms with van der Waals surface area (Å²) in [5.74, 6) is 1.98. The third-order valence-electron chi connectivity index (χ3n) is 2.06. The molecule has 0 radical (unpaired) electrons. The number of nitrogens with one attached hydrogen (secondary N) is 1. The number of hydrogen-bond donors (Lipinski definition) is 1. The van der Waals surface area contributed by atoms with Crippen LogP contribution in [0.15, 0.2) is 16.5 Å². The van der Waals surface area contributed by atoms with Gasteiger partial charge in [0.25, 0.3) is 0 Å². The molecule has 14 heavy (non-hydrogen) atoms. The van der Waals surface area contributed by atoms with Crippen molar-refractivity contribution in [2.45, 2.75) is 26.4 Å². The van der Waals surface area contributed by atoms with Crippen LogP contribution < -0.4 is 5.32 Å².